The third-order valence-corrected chi connectivity index (χ3v) is 4.46. The van der Waals surface area contributed by atoms with Crippen molar-refractivity contribution in [3.8, 4) is 5.75 Å². The van der Waals surface area contributed by atoms with Crippen LogP contribution in [0, 0.1) is 0 Å². The lowest BCUT2D eigenvalue weighted by Gasteiger charge is -2.25. The van der Waals surface area contributed by atoms with Crippen LogP contribution in [0.3, 0.4) is 0 Å². The van der Waals surface area contributed by atoms with E-state index in [9.17, 15) is 0 Å². The van der Waals surface area contributed by atoms with Crippen LogP contribution >= 0.6 is 0 Å². The second-order valence-corrected chi connectivity index (χ2v) is 6.41. The summed E-state index contributed by atoms with van der Waals surface area (Å²) >= 11 is 0. The number of ether oxygens (including phenoxy) is 2. The first-order valence-corrected chi connectivity index (χ1v) is 9.33. The van der Waals surface area contributed by atoms with Crippen LogP contribution in [-0.4, -0.2) is 47.5 Å². The molecule has 27 heavy (non-hydrogen) atoms. The fraction of sp³-hybridized carbons (Fsp3) is 0.526. The zero-order valence-corrected chi connectivity index (χ0v) is 16.2. The fourth-order valence-electron chi connectivity index (χ4n) is 3.18. The predicted octanol–water partition coefficient (Wildman–Crippen LogP) is 1.50. The Morgan fingerprint density at radius 2 is 2.22 bits per heavy atom. The maximum atomic E-state index is 5.69. The molecule has 2 heterocycles. The average Bonchev–Trinajstić information content (AvgIpc) is 3.08. The summed E-state index contributed by atoms with van der Waals surface area (Å²) in [5, 5.41) is 11.4. The number of aryl methyl sites for hydroxylation is 1. The number of aromatic nitrogens is 3. The normalized spacial score (nSPS) is 16.7. The Kier molecular flexibility index (Phi) is 6.64. The summed E-state index contributed by atoms with van der Waals surface area (Å²) in [6.07, 6.45) is 1.87. The minimum atomic E-state index is 0.253. The Bertz CT molecular complexity index is 773. The molecule has 0 aliphatic carbocycles. The van der Waals surface area contributed by atoms with Crippen molar-refractivity contribution in [3.05, 3.63) is 41.5 Å². The molecular weight excluding hydrogens is 344 g/mol. The van der Waals surface area contributed by atoms with E-state index >= 15 is 0 Å². The quantitative estimate of drug-likeness (QED) is 0.566. The van der Waals surface area contributed by atoms with E-state index < -0.39 is 0 Å². The molecular formula is C19H28N6O2. The molecule has 2 aromatic rings. The largest absolute Gasteiger partial charge is 0.494 e. The number of methoxy groups -OCH3 is 1. The Balaban J connectivity index is 1.56. The van der Waals surface area contributed by atoms with E-state index in [4.69, 9.17) is 9.47 Å². The molecule has 0 saturated carbocycles. The first-order chi connectivity index (χ1) is 13.2. The van der Waals surface area contributed by atoms with Crippen LogP contribution in [-0.2, 0) is 30.9 Å². The molecule has 8 heteroatoms. The SMILES string of the molecule is CCOc1ccccc1CNC(=NC)NC1CCc2nc(COC)nn2C1. The Hall–Kier alpha value is -2.61. The van der Waals surface area contributed by atoms with E-state index in [0.29, 0.717) is 19.8 Å². The highest BCUT2D eigenvalue weighted by atomic mass is 16.5. The minimum absolute atomic E-state index is 0.253. The lowest BCUT2D eigenvalue weighted by molar-refractivity contribution is 0.177. The van der Waals surface area contributed by atoms with Gasteiger partial charge < -0.3 is 20.1 Å². The van der Waals surface area contributed by atoms with Crippen LogP contribution < -0.4 is 15.4 Å². The number of nitrogens with one attached hydrogen (secondary N) is 2. The maximum Gasteiger partial charge on any atom is 0.191 e. The Morgan fingerprint density at radius 3 is 3.00 bits per heavy atom. The van der Waals surface area contributed by atoms with Gasteiger partial charge in [0.15, 0.2) is 11.8 Å². The van der Waals surface area contributed by atoms with Gasteiger partial charge in [0.1, 0.15) is 18.2 Å². The molecule has 1 aliphatic rings. The fourth-order valence-corrected chi connectivity index (χ4v) is 3.18. The number of aliphatic imine (C=N–C) groups is 1. The van der Waals surface area contributed by atoms with Crippen molar-refractivity contribution in [3.63, 3.8) is 0 Å². The smallest absolute Gasteiger partial charge is 0.191 e. The standard InChI is InChI=1S/C19H28N6O2/c1-4-27-16-8-6-5-7-14(16)11-21-19(20-2)22-15-9-10-18-23-17(13-26-3)24-25(18)12-15/h5-8,15H,4,9-13H2,1-3H3,(H2,20,21,22). The van der Waals surface area contributed by atoms with Gasteiger partial charge in [-0.1, -0.05) is 18.2 Å². The highest BCUT2D eigenvalue weighted by molar-refractivity contribution is 5.80. The summed E-state index contributed by atoms with van der Waals surface area (Å²) < 4.78 is 12.8. The van der Waals surface area contributed by atoms with E-state index in [0.717, 1.165) is 48.3 Å². The van der Waals surface area contributed by atoms with Crippen LogP contribution in [0.25, 0.3) is 0 Å². The summed E-state index contributed by atoms with van der Waals surface area (Å²) in [6, 6.07) is 8.30. The summed E-state index contributed by atoms with van der Waals surface area (Å²) in [5.41, 5.74) is 1.11. The minimum Gasteiger partial charge on any atom is -0.494 e. The number of nitrogens with zero attached hydrogens (tertiary/aromatic N) is 4. The third-order valence-electron chi connectivity index (χ3n) is 4.46. The van der Waals surface area contributed by atoms with Gasteiger partial charge in [0, 0.05) is 38.7 Å². The van der Waals surface area contributed by atoms with Crippen LogP contribution in [0.1, 0.15) is 30.6 Å². The molecule has 3 rings (SSSR count). The van der Waals surface area contributed by atoms with Gasteiger partial charge >= 0.3 is 0 Å². The van der Waals surface area contributed by atoms with Gasteiger partial charge in [-0.15, -0.1) is 0 Å². The number of hydrogen-bond donors (Lipinski definition) is 2. The molecule has 8 nitrogen and oxygen atoms in total. The zero-order chi connectivity index (χ0) is 19.1. The van der Waals surface area contributed by atoms with Crippen LogP contribution in [0.15, 0.2) is 29.3 Å². The predicted molar refractivity (Wildman–Crippen MR) is 104 cm³/mol. The molecule has 1 aliphatic heterocycles. The molecule has 0 radical (unpaired) electrons. The van der Waals surface area contributed by atoms with Gasteiger partial charge in [0.25, 0.3) is 0 Å². The van der Waals surface area contributed by atoms with Gasteiger partial charge in [-0.2, -0.15) is 5.10 Å². The van der Waals surface area contributed by atoms with E-state index in [1.165, 1.54) is 0 Å². The van der Waals surface area contributed by atoms with Crippen molar-refractivity contribution < 1.29 is 9.47 Å². The molecule has 0 bridgehead atoms. The van der Waals surface area contributed by atoms with Crippen molar-refractivity contribution in [2.24, 2.45) is 4.99 Å². The molecule has 1 aromatic carbocycles. The molecule has 0 amide bonds. The van der Waals surface area contributed by atoms with Crippen molar-refractivity contribution in [2.75, 3.05) is 20.8 Å². The third kappa shape index (κ3) is 4.97. The van der Waals surface area contributed by atoms with Gasteiger partial charge in [0.05, 0.1) is 13.2 Å². The number of rotatable bonds is 7. The number of benzene rings is 1. The van der Waals surface area contributed by atoms with Crippen molar-refractivity contribution in [1.82, 2.24) is 25.4 Å². The zero-order valence-electron chi connectivity index (χ0n) is 16.2. The second-order valence-electron chi connectivity index (χ2n) is 6.41. The van der Waals surface area contributed by atoms with Crippen LogP contribution in [0.2, 0.25) is 0 Å². The highest BCUT2D eigenvalue weighted by Crippen LogP contribution is 2.17. The van der Waals surface area contributed by atoms with E-state index in [-0.39, 0.29) is 6.04 Å². The summed E-state index contributed by atoms with van der Waals surface area (Å²) in [6.45, 7) is 4.50. The summed E-state index contributed by atoms with van der Waals surface area (Å²) in [5.74, 6) is 3.43. The molecule has 2 N–H and O–H groups in total. The Labute approximate surface area is 160 Å². The summed E-state index contributed by atoms with van der Waals surface area (Å²) in [7, 11) is 3.44. The number of fused-ring (bicyclic) bond motifs is 1. The second kappa shape index (κ2) is 9.36. The lowest BCUT2D eigenvalue weighted by atomic mass is 10.1. The number of guanidine groups is 1. The highest BCUT2D eigenvalue weighted by Gasteiger charge is 2.22. The van der Waals surface area contributed by atoms with E-state index in [2.05, 4.69) is 31.8 Å². The molecule has 1 unspecified atom stereocenters. The monoisotopic (exact) mass is 372 g/mol. The first kappa shape index (κ1) is 19.2. The van der Waals surface area contributed by atoms with E-state index in [1.54, 1.807) is 14.2 Å². The molecule has 0 fully saturated rings. The topological polar surface area (TPSA) is 85.6 Å². The van der Waals surface area contributed by atoms with Gasteiger partial charge in [-0.05, 0) is 19.4 Å². The summed E-state index contributed by atoms with van der Waals surface area (Å²) in [4.78, 5) is 8.87. The van der Waals surface area contributed by atoms with Crippen molar-refractivity contribution in [1.29, 1.82) is 0 Å². The maximum absolute atomic E-state index is 5.69. The van der Waals surface area contributed by atoms with Gasteiger partial charge in [-0.25, -0.2) is 9.67 Å². The lowest BCUT2D eigenvalue weighted by Crippen LogP contribution is -2.46. The molecule has 0 saturated heterocycles. The number of para-hydroxylation sites is 1. The van der Waals surface area contributed by atoms with Crippen LogP contribution in [0.5, 0.6) is 5.75 Å². The van der Waals surface area contributed by atoms with Crippen molar-refractivity contribution in [2.45, 2.75) is 45.5 Å². The molecule has 1 atom stereocenters. The Morgan fingerprint density at radius 1 is 1.37 bits per heavy atom. The van der Waals surface area contributed by atoms with Crippen molar-refractivity contribution >= 4 is 5.96 Å². The molecule has 146 valence electrons. The first-order valence-electron chi connectivity index (χ1n) is 9.33. The van der Waals surface area contributed by atoms with Gasteiger partial charge in [0.2, 0.25) is 0 Å². The molecule has 1 aromatic heterocycles. The van der Waals surface area contributed by atoms with E-state index in [1.807, 2.05) is 29.8 Å². The number of hydrogen-bond acceptors (Lipinski definition) is 5. The average molecular weight is 372 g/mol. The molecule has 0 spiro atoms. The van der Waals surface area contributed by atoms with Gasteiger partial charge in [-0.3, -0.25) is 4.99 Å². The van der Waals surface area contributed by atoms with Crippen LogP contribution in [0.4, 0.5) is 0 Å².